The van der Waals surface area contributed by atoms with Crippen LogP contribution in [0.5, 0.6) is 0 Å². The van der Waals surface area contributed by atoms with Gasteiger partial charge in [0.05, 0.1) is 22.9 Å². The number of hydrogen-bond acceptors (Lipinski definition) is 2. The number of carbonyl (C=O) groups excluding carboxylic acids is 1. The fraction of sp³-hybridized carbons (Fsp3) is 0.438. The van der Waals surface area contributed by atoms with Crippen LogP contribution in [0.15, 0.2) is 18.2 Å². The zero-order valence-electron chi connectivity index (χ0n) is 13.0. The summed E-state index contributed by atoms with van der Waals surface area (Å²) in [4.78, 5) is 18.0. The van der Waals surface area contributed by atoms with E-state index >= 15 is 0 Å². The predicted molar refractivity (Wildman–Crippen MR) is 96.0 cm³/mol. The standard InChI is InChI=1S/C16H22IN3O/c1-5-14-11(2)13-10-12(6-7-15(13)18-14)16(21)20(17)9-8-19(3)4/h6-7,10,18H,5,8-9H2,1-4H3. The number of aromatic amines is 1. The van der Waals surface area contributed by atoms with E-state index in [9.17, 15) is 4.79 Å². The van der Waals surface area contributed by atoms with E-state index in [0.717, 1.165) is 36.0 Å². The molecule has 0 unspecified atom stereocenters. The molecule has 2 aromatic rings. The molecule has 1 amide bonds. The minimum Gasteiger partial charge on any atom is -0.358 e. The molecule has 0 radical (unpaired) electrons. The maximum atomic E-state index is 12.5. The number of nitrogens with one attached hydrogen (secondary N) is 1. The SMILES string of the molecule is CCc1[nH]c2ccc(C(=O)N(I)CCN(C)C)cc2c1C. The molecule has 21 heavy (non-hydrogen) atoms. The van der Waals surface area contributed by atoms with Crippen molar-refractivity contribution in [1.29, 1.82) is 0 Å². The summed E-state index contributed by atoms with van der Waals surface area (Å²) in [6.07, 6.45) is 0.977. The van der Waals surface area contributed by atoms with Gasteiger partial charge in [-0.3, -0.25) is 7.91 Å². The zero-order chi connectivity index (χ0) is 15.6. The van der Waals surface area contributed by atoms with Crippen LogP contribution in [0, 0.1) is 6.92 Å². The smallest absolute Gasteiger partial charge is 0.262 e. The molecule has 2 rings (SSSR count). The van der Waals surface area contributed by atoms with E-state index in [0.29, 0.717) is 0 Å². The van der Waals surface area contributed by atoms with Gasteiger partial charge in [-0.25, -0.2) is 0 Å². The molecule has 0 spiro atoms. The fourth-order valence-electron chi connectivity index (χ4n) is 2.40. The molecule has 1 aromatic carbocycles. The lowest BCUT2D eigenvalue weighted by Crippen LogP contribution is -2.29. The van der Waals surface area contributed by atoms with Crippen LogP contribution in [-0.2, 0) is 6.42 Å². The van der Waals surface area contributed by atoms with Gasteiger partial charge < -0.3 is 9.88 Å². The van der Waals surface area contributed by atoms with Crippen LogP contribution < -0.4 is 0 Å². The van der Waals surface area contributed by atoms with Gasteiger partial charge in [0.15, 0.2) is 0 Å². The lowest BCUT2D eigenvalue weighted by atomic mass is 10.1. The van der Waals surface area contributed by atoms with Gasteiger partial charge in [0.1, 0.15) is 0 Å². The molecule has 0 saturated carbocycles. The summed E-state index contributed by atoms with van der Waals surface area (Å²) in [6.45, 7) is 5.83. The minimum absolute atomic E-state index is 0.0676. The molecular formula is C16H22IN3O. The monoisotopic (exact) mass is 399 g/mol. The normalized spacial score (nSPS) is 11.3. The maximum absolute atomic E-state index is 12.5. The van der Waals surface area contributed by atoms with E-state index in [4.69, 9.17) is 0 Å². The summed E-state index contributed by atoms with van der Waals surface area (Å²) in [5, 5.41) is 1.15. The van der Waals surface area contributed by atoms with E-state index in [-0.39, 0.29) is 5.91 Å². The van der Waals surface area contributed by atoms with E-state index in [1.807, 2.05) is 32.3 Å². The summed E-state index contributed by atoms with van der Waals surface area (Å²) < 4.78 is 1.75. The summed E-state index contributed by atoms with van der Waals surface area (Å²) in [6, 6.07) is 5.91. The average molecular weight is 399 g/mol. The van der Waals surface area contributed by atoms with Crippen molar-refractivity contribution >= 4 is 39.7 Å². The molecule has 0 saturated heterocycles. The highest BCUT2D eigenvalue weighted by Crippen LogP contribution is 2.24. The number of benzene rings is 1. The molecule has 1 N–H and O–H groups in total. The maximum Gasteiger partial charge on any atom is 0.262 e. The number of fused-ring (bicyclic) bond motifs is 1. The molecular weight excluding hydrogens is 377 g/mol. The highest BCUT2D eigenvalue weighted by Gasteiger charge is 2.15. The van der Waals surface area contributed by atoms with Crippen LogP contribution in [0.4, 0.5) is 0 Å². The molecule has 0 aliphatic rings. The van der Waals surface area contributed by atoms with E-state index in [2.05, 4.69) is 46.6 Å². The topological polar surface area (TPSA) is 39.3 Å². The fourth-order valence-corrected chi connectivity index (χ4v) is 2.89. The van der Waals surface area contributed by atoms with Gasteiger partial charge in [-0.1, -0.05) is 6.92 Å². The summed E-state index contributed by atoms with van der Waals surface area (Å²) in [7, 11) is 4.02. The van der Waals surface area contributed by atoms with Crippen LogP contribution >= 0.6 is 22.9 Å². The molecule has 4 nitrogen and oxygen atoms in total. The third-order valence-electron chi connectivity index (χ3n) is 3.73. The third-order valence-corrected chi connectivity index (χ3v) is 4.65. The molecule has 114 valence electrons. The molecule has 0 aliphatic carbocycles. The molecule has 0 bridgehead atoms. The Morgan fingerprint density at radius 3 is 2.62 bits per heavy atom. The van der Waals surface area contributed by atoms with E-state index < -0.39 is 0 Å². The highest BCUT2D eigenvalue weighted by atomic mass is 127. The van der Waals surface area contributed by atoms with Crippen LogP contribution in [-0.4, -0.2) is 46.1 Å². The molecule has 0 aliphatic heterocycles. The first-order valence-corrected chi connectivity index (χ1v) is 8.14. The van der Waals surface area contributed by atoms with Crippen molar-refractivity contribution in [3.05, 3.63) is 35.0 Å². The number of likely N-dealkylation sites (N-methyl/N-ethyl adjacent to an activating group) is 1. The van der Waals surface area contributed by atoms with E-state index in [1.54, 1.807) is 3.11 Å². The Bertz CT molecular complexity index is 648. The van der Waals surface area contributed by atoms with Crippen molar-refractivity contribution in [3.8, 4) is 0 Å². The number of aryl methyl sites for hydroxylation is 2. The number of halogens is 1. The Hall–Kier alpha value is -1.08. The van der Waals surface area contributed by atoms with Crippen molar-refractivity contribution in [2.24, 2.45) is 0 Å². The lowest BCUT2D eigenvalue weighted by Gasteiger charge is -2.17. The summed E-state index contributed by atoms with van der Waals surface area (Å²) in [5.41, 5.74) is 4.35. The first-order valence-electron chi connectivity index (χ1n) is 7.17. The quantitative estimate of drug-likeness (QED) is 0.619. The van der Waals surface area contributed by atoms with Crippen molar-refractivity contribution in [3.63, 3.8) is 0 Å². The third kappa shape index (κ3) is 3.58. The second-order valence-electron chi connectivity index (χ2n) is 5.54. The summed E-state index contributed by atoms with van der Waals surface area (Å²) in [5.74, 6) is 0.0676. The van der Waals surface area contributed by atoms with Crippen LogP contribution in [0.1, 0.15) is 28.5 Å². The van der Waals surface area contributed by atoms with Crippen molar-refractivity contribution < 1.29 is 4.79 Å². The number of hydrogen-bond donors (Lipinski definition) is 1. The zero-order valence-corrected chi connectivity index (χ0v) is 15.2. The second-order valence-corrected chi connectivity index (χ2v) is 6.70. The molecule has 0 fully saturated rings. The van der Waals surface area contributed by atoms with Gasteiger partial charge in [-0.2, -0.15) is 0 Å². The Balaban J connectivity index is 2.25. The van der Waals surface area contributed by atoms with Crippen molar-refractivity contribution in [2.45, 2.75) is 20.3 Å². The van der Waals surface area contributed by atoms with Gasteiger partial charge in [-0.05, 0) is 51.2 Å². The Morgan fingerprint density at radius 2 is 2.00 bits per heavy atom. The number of carbonyl (C=O) groups is 1. The number of nitrogens with zero attached hydrogens (tertiary/aromatic N) is 2. The number of amides is 1. The van der Waals surface area contributed by atoms with Crippen molar-refractivity contribution in [1.82, 2.24) is 13.0 Å². The summed E-state index contributed by atoms with van der Waals surface area (Å²) >= 11 is 2.10. The first kappa shape index (κ1) is 16.3. The van der Waals surface area contributed by atoms with Gasteiger partial charge in [0, 0.05) is 35.2 Å². The first-order chi connectivity index (χ1) is 9.93. The molecule has 5 heteroatoms. The van der Waals surface area contributed by atoms with Gasteiger partial charge in [0.25, 0.3) is 5.91 Å². The largest absolute Gasteiger partial charge is 0.358 e. The number of H-pyrrole nitrogens is 1. The van der Waals surface area contributed by atoms with Crippen molar-refractivity contribution in [2.75, 3.05) is 27.2 Å². The average Bonchev–Trinajstić information content (AvgIpc) is 2.79. The van der Waals surface area contributed by atoms with Crippen LogP contribution in [0.3, 0.4) is 0 Å². The van der Waals surface area contributed by atoms with Gasteiger partial charge in [0.2, 0.25) is 0 Å². The number of rotatable bonds is 5. The number of aromatic nitrogens is 1. The van der Waals surface area contributed by atoms with Gasteiger partial charge >= 0.3 is 0 Å². The lowest BCUT2D eigenvalue weighted by molar-refractivity contribution is 0.0884. The van der Waals surface area contributed by atoms with Crippen LogP contribution in [0.2, 0.25) is 0 Å². The second kappa shape index (κ2) is 6.79. The Labute approximate surface area is 140 Å². The van der Waals surface area contributed by atoms with Crippen LogP contribution in [0.25, 0.3) is 10.9 Å². The van der Waals surface area contributed by atoms with Gasteiger partial charge in [-0.15, -0.1) is 0 Å². The molecule has 0 atom stereocenters. The highest BCUT2D eigenvalue weighted by molar-refractivity contribution is 14.1. The molecule has 1 aromatic heterocycles. The molecule has 1 heterocycles. The van der Waals surface area contributed by atoms with E-state index in [1.165, 1.54) is 11.3 Å². The minimum atomic E-state index is 0.0676. The Morgan fingerprint density at radius 1 is 1.29 bits per heavy atom. The Kier molecular flexibility index (Phi) is 5.27. The predicted octanol–water partition coefficient (Wildman–Crippen LogP) is 3.39.